The number of carbonyl (C=O) groups is 1. The van der Waals surface area contributed by atoms with Gasteiger partial charge in [0.15, 0.2) is 6.17 Å². The third kappa shape index (κ3) is 6.38. The maximum atomic E-state index is 13.0. The van der Waals surface area contributed by atoms with Crippen molar-refractivity contribution in [2.45, 2.75) is 89.3 Å². The summed E-state index contributed by atoms with van der Waals surface area (Å²) in [7, 11) is 2.13. The Kier molecular flexibility index (Phi) is 8.97. The van der Waals surface area contributed by atoms with Gasteiger partial charge in [-0.15, -0.1) is 0 Å². The second-order valence-corrected chi connectivity index (χ2v) is 10.0. The fourth-order valence-electron chi connectivity index (χ4n) is 5.60. The van der Waals surface area contributed by atoms with Crippen molar-refractivity contribution < 1.29 is 9.90 Å². The summed E-state index contributed by atoms with van der Waals surface area (Å²) in [4.78, 5) is 25.0. The first-order chi connectivity index (χ1) is 16.7. The molecule has 1 atom stereocenters. The van der Waals surface area contributed by atoms with Crippen LogP contribution in [-0.4, -0.2) is 60.0 Å². The number of rotatable bonds is 7. The lowest BCUT2D eigenvalue weighted by Crippen LogP contribution is -2.44. The number of nitrogens with one attached hydrogen (secondary N) is 2. The number of fused-ring (bicyclic) bond motifs is 1. The summed E-state index contributed by atoms with van der Waals surface area (Å²) >= 11 is 0. The van der Waals surface area contributed by atoms with E-state index in [-0.39, 0.29) is 19.1 Å². The average Bonchev–Trinajstić information content (AvgIpc) is 3.03. The van der Waals surface area contributed by atoms with E-state index in [4.69, 9.17) is 4.99 Å². The van der Waals surface area contributed by atoms with Crippen LogP contribution in [0.4, 0.5) is 5.69 Å². The van der Waals surface area contributed by atoms with E-state index >= 15 is 0 Å². The largest absolute Gasteiger partial charge is 0.394 e. The molecule has 0 radical (unpaired) electrons. The van der Waals surface area contributed by atoms with Gasteiger partial charge in [-0.25, -0.2) is 4.99 Å². The van der Waals surface area contributed by atoms with E-state index in [0.29, 0.717) is 24.2 Å². The van der Waals surface area contributed by atoms with Crippen molar-refractivity contribution in [3.63, 3.8) is 0 Å². The monoisotopic (exact) mass is 467 g/mol. The molecule has 7 heteroatoms. The molecule has 1 unspecified atom stereocenters. The lowest BCUT2D eigenvalue weighted by atomic mass is 9.86. The van der Waals surface area contributed by atoms with Gasteiger partial charge in [0.1, 0.15) is 11.7 Å². The number of aliphatic hydroxyl groups is 1. The van der Waals surface area contributed by atoms with Gasteiger partial charge in [-0.05, 0) is 37.3 Å². The van der Waals surface area contributed by atoms with Gasteiger partial charge >= 0.3 is 0 Å². The number of anilines is 1. The zero-order chi connectivity index (χ0) is 23.8. The maximum absolute atomic E-state index is 13.0. The van der Waals surface area contributed by atoms with Crippen LogP contribution < -0.4 is 10.6 Å². The van der Waals surface area contributed by atoms with E-state index in [1.54, 1.807) is 0 Å². The van der Waals surface area contributed by atoms with Crippen molar-refractivity contribution in [3.05, 3.63) is 29.8 Å². The number of aliphatic imine (C=N–C) groups is 2. The first kappa shape index (κ1) is 24.7. The highest BCUT2D eigenvalue weighted by molar-refractivity contribution is 6.12. The number of carbonyl (C=O) groups excluding carboxylic acids is 1. The van der Waals surface area contributed by atoms with Crippen molar-refractivity contribution >= 4 is 23.3 Å². The lowest BCUT2D eigenvalue weighted by molar-refractivity contribution is -0.121. The molecular formula is C27H41N5O2. The standard InChI is InChI=1S/C27H41N5O2/c1-32(21-12-6-3-7-13-21)27-22-14-8-9-15-23(22)29-25(28-18-19-33)26(31-27)30-24(34)17-16-20-10-4-2-5-11-20/h8-9,14-15,20-21,26,33H,2-7,10-13,16-19H2,1H3,(H,28,29)(H,30,34). The zero-order valence-electron chi connectivity index (χ0n) is 20.6. The number of amidine groups is 2. The van der Waals surface area contributed by atoms with E-state index in [9.17, 15) is 9.90 Å². The fraction of sp³-hybridized carbons (Fsp3) is 0.667. The number of nitrogens with zero attached hydrogens (tertiary/aromatic N) is 3. The molecule has 34 heavy (non-hydrogen) atoms. The Morgan fingerprint density at radius 1 is 1.12 bits per heavy atom. The summed E-state index contributed by atoms with van der Waals surface area (Å²) in [5, 5.41) is 16.0. The number of benzodiazepines with no additional fused rings is 1. The van der Waals surface area contributed by atoms with Crippen LogP contribution in [0.1, 0.15) is 82.6 Å². The third-order valence-electron chi connectivity index (χ3n) is 7.58. The fourth-order valence-corrected chi connectivity index (χ4v) is 5.60. The number of benzene rings is 1. The van der Waals surface area contributed by atoms with Crippen molar-refractivity contribution in [1.29, 1.82) is 0 Å². The minimum Gasteiger partial charge on any atom is -0.394 e. The quantitative estimate of drug-likeness (QED) is 0.557. The molecule has 1 aromatic carbocycles. The Balaban J connectivity index is 1.57. The van der Waals surface area contributed by atoms with Gasteiger partial charge in [0.05, 0.1) is 18.8 Å². The van der Waals surface area contributed by atoms with E-state index in [2.05, 4.69) is 33.6 Å². The first-order valence-electron chi connectivity index (χ1n) is 13.3. The van der Waals surface area contributed by atoms with E-state index in [1.165, 1.54) is 51.4 Å². The summed E-state index contributed by atoms with van der Waals surface area (Å²) in [6, 6.07) is 8.58. The molecule has 0 saturated heterocycles. The SMILES string of the molecule is CN(C1=NC(NC(=O)CCC2CCCCC2)C(=NCCO)Nc2ccccc21)C1CCCCC1. The predicted octanol–water partition coefficient (Wildman–Crippen LogP) is 4.32. The molecule has 0 aromatic heterocycles. The molecule has 0 spiro atoms. The van der Waals surface area contributed by atoms with Crippen molar-refractivity contribution in [1.82, 2.24) is 10.2 Å². The highest BCUT2D eigenvalue weighted by Crippen LogP contribution is 2.29. The summed E-state index contributed by atoms with van der Waals surface area (Å²) in [6.07, 6.45) is 13.4. The van der Waals surface area contributed by atoms with Crippen LogP contribution in [0.5, 0.6) is 0 Å². The molecule has 186 valence electrons. The molecule has 3 N–H and O–H groups in total. The maximum Gasteiger partial charge on any atom is 0.221 e. The van der Waals surface area contributed by atoms with E-state index in [1.807, 2.05) is 18.2 Å². The molecule has 2 fully saturated rings. The van der Waals surface area contributed by atoms with Crippen LogP contribution in [0.3, 0.4) is 0 Å². The molecule has 3 aliphatic rings. The Labute approximate surface area is 204 Å². The number of hydrogen-bond acceptors (Lipinski definition) is 5. The van der Waals surface area contributed by atoms with Crippen LogP contribution in [0.2, 0.25) is 0 Å². The highest BCUT2D eigenvalue weighted by Gasteiger charge is 2.29. The molecule has 1 aromatic rings. The van der Waals surface area contributed by atoms with Gasteiger partial charge in [-0.1, -0.05) is 63.5 Å². The number of amides is 1. The lowest BCUT2D eigenvalue weighted by Gasteiger charge is -2.34. The summed E-state index contributed by atoms with van der Waals surface area (Å²) in [6.45, 7) is 0.218. The van der Waals surface area contributed by atoms with Gasteiger partial charge in [0, 0.05) is 25.1 Å². The Morgan fingerprint density at radius 2 is 1.82 bits per heavy atom. The van der Waals surface area contributed by atoms with Gasteiger partial charge in [0.25, 0.3) is 0 Å². The molecule has 0 bridgehead atoms. The second kappa shape index (κ2) is 12.3. The van der Waals surface area contributed by atoms with Gasteiger partial charge < -0.3 is 20.6 Å². The van der Waals surface area contributed by atoms with Crippen LogP contribution in [0.25, 0.3) is 0 Å². The van der Waals surface area contributed by atoms with Crippen LogP contribution in [0.15, 0.2) is 34.3 Å². The molecule has 1 amide bonds. The smallest absolute Gasteiger partial charge is 0.221 e. The highest BCUT2D eigenvalue weighted by atomic mass is 16.3. The van der Waals surface area contributed by atoms with Crippen LogP contribution >= 0.6 is 0 Å². The van der Waals surface area contributed by atoms with Gasteiger partial charge in [-0.2, -0.15) is 0 Å². The molecule has 7 nitrogen and oxygen atoms in total. The Morgan fingerprint density at radius 3 is 2.56 bits per heavy atom. The van der Waals surface area contributed by atoms with Gasteiger partial charge in [0.2, 0.25) is 5.91 Å². The van der Waals surface area contributed by atoms with Crippen molar-refractivity contribution in [2.75, 3.05) is 25.5 Å². The Hall–Kier alpha value is -2.41. The minimum absolute atomic E-state index is 0.0171. The average molecular weight is 468 g/mol. The van der Waals surface area contributed by atoms with E-state index in [0.717, 1.165) is 36.3 Å². The summed E-state index contributed by atoms with van der Waals surface area (Å²) in [5.74, 6) is 2.15. The number of hydrogen-bond donors (Lipinski definition) is 3. The molecule has 4 rings (SSSR count). The second-order valence-electron chi connectivity index (χ2n) is 10.0. The minimum atomic E-state index is -0.598. The molecule has 2 saturated carbocycles. The topological polar surface area (TPSA) is 89.3 Å². The van der Waals surface area contributed by atoms with Crippen LogP contribution in [0, 0.1) is 5.92 Å². The van der Waals surface area contributed by atoms with Crippen LogP contribution in [-0.2, 0) is 4.79 Å². The normalized spacial score (nSPS) is 22.9. The summed E-state index contributed by atoms with van der Waals surface area (Å²) < 4.78 is 0. The number of para-hydroxylation sites is 1. The van der Waals surface area contributed by atoms with Crippen molar-refractivity contribution in [3.8, 4) is 0 Å². The number of aliphatic hydroxyl groups excluding tert-OH is 1. The summed E-state index contributed by atoms with van der Waals surface area (Å²) in [5.41, 5.74) is 1.95. The first-order valence-corrected chi connectivity index (χ1v) is 13.3. The van der Waals surface area contributed by atoms with Crippen molar-refractivity contribution in [2.24, 2.45) is 15.9 Å². The van der Waals surface area contributed by atoms with E-state index < -0.39 is 6.17 Å². The molecule has 2 aliphatic carbocycles. The zero-order valence-corrected chi connectivity index (χ0v) is 20.6. The molecule has 1 heterocycles. The van der Waals surface area contributed by atoms with Gasteiger partial charge in [-0.3, -0.25) is 9.79 Å². The third-order valence-corrected chi connectivity index (χ3v) is 7.58. The Bertz CT molecular complexity index is 872. The molecule has 1 aliphatic heterocycles. The molecular weight excluding hydrogens is 426 g/mol. The predicted molar refractivity (Wildman–Crippen MR) is 138 cm³/mol.